The molecule has 3 heterocycles. The van der Waals surface area contributed by atoms with Crippen LogP contribution in [-0.2, 0) is 4.79 Å². The fourth-order valence-electron chi connectivity index (χ4n) is 2.85. The Balaban J connectivity index is 1.69. The number of likely N-dealkylation sites (N-methyl/N-ethyl adjacent to an activating group) is 1. The number of thiazole rings is 1. The molecule has 0 bridgehead atoms. The van der Waals surface area contributed by atoms with Crippen LogP contribution < -0.4 is 9.64 Å². The lowest BCUT2D eigenvalue weighted by atomic mass is 10.1. The van der Waals surface area contributed by atoms with E-state index in [1.165, 1.54) is 0 Å². The number of benzene rings is 1. The monoisotopic (exact) mass is 351 g/mol. The van der Waals surface area contributed by atoms with Crippen LogP contribution in [0.4, 0.5) is 5.69 Å². The van der Waals surface area contributed by atoms with Gasteiger partial charge in [0.05, 0.1) is 17.1 Å². The Morgan fingerprint density at radius 3 is 2.88 bits per heavy atom. The van der Waals surface area contributed by atoms with Gasteiger partial charge in [-0.05, 0) is 36.8 Å². The zero-order chi connectivity index (χ0) is 17.4. The summed E-state index contributed by atoms with van der Waals surface area (Å²) in [5.41, 5.74) is 3.46. The molecule has 0 saturated heterocycles. The van der Waals surface area contributed by atoms with E-state index in [4.69, 9.17) is 4.74 Å². The van der Waals surface area contributed by atoms with Crippen molar-refractivity contribution in [3.05, 3.63) is 48.0 Å². The van der Waals surface area contributed by atoms with Gasteiger partial charge in [-0.25, -0.2) is 4.98 Å². The van der Waals surface area contributed by atoms with Gasteiger partial charge in [0, 0.05) is 24.2 Å². The number of fused-ring (bicyclic) bond motifs is 1. The molecule has 25 heavy (non-hydrogen) atoms. The standard InChI is InChI=1S/C19H17N3O2S/c1-3-16-19(23)22(2)15-10-12(7-8-17(15)24-16)14-11-25-18(21-14)13-6-4-5-9-20-13/h4-11,16H,3H2,1-2H3. The molecule has 0 N–H and O–H groups in total. The van der Waals surface area contributed by atoms with Gasteiger partial charge in [-0.15, -0.1) is 11.3 Å². The zero-order valence-electron chi connectivity index (χ0n) is 14.0. The van der Waals surface area contributed by atoms with Crippen molar-refractivity contribution in [2.24, 2.45) is 0 Å². The largest absolute Gasteiger partial charge is 0.478 e. The van der Waals surface area contributed by atoms with Crippen LogP contribution in [0, 0.1) is 0 Å². The number of aromatic nitrogens is 2. The first-order valence-electron chi connectivity index (χ1n) is 8.13. The highest BCUT2D eigenvalue weighted by molar-refractivity contribution is 7.13. The molecule has 1 aliphatic heterocycles. The van der Waals surface area contributed by atoms with Crippen molar-refractivity contribution in [2.45, 2.75) is 19.4 Å². The van der Waals surface area contributed by atoms with Crippen LogP contribution in [0.1, 0.15) is 13.3 Å². The highest BCUT2D eigenvalue weighted by atomic mass is 32.1. The van der Waals surface area contributed by atoms with Gasteiger partial charge < -0.3 is 9.64 Å². The molecule has 1 aliphatic rings. The first kappa shape index (κ1) is 15.8. The summed E-state index contributed by atoms with van der Waals surface area (Å²) in [6.45, 7) is 1.95. The summed E-state index contributed by atoms with van der Waals surface area (Å²) in [6, 6.07) is 11.6. The Kier molecular flexibility index (Phi) is 3.97. The number of hydrogen-bond acceptors (Lipinski definition) is 5. The average Bonchev–Trinajstić information content (AvgIpc) is 3.15. The number of nitrogens with zero attached hydrogens (tertiary/aromatic N) is 3. The van der Waals surface area contributed by atoms with E-state index in [1.807, 2.05) is 48.7 Å². The molecule has 0 spiro atoms. The summed E-state index contributed by atoms with van der Waals surface area (Å²) >= 11 is 1.55. The maximum Gasteiger partial charge on any atom is 0.267 e. The molecule has 5 nitrogen and oxygen atoms in total. The van der Waals surface area contributed by atoms with Gasteiger partial charge in [-0.2, -0.15) is 0 Å². The zero-order valence-corrected chi connectivity index (χ0v) is 14.8. The molecule has 0 aliphatic carbocycles. The Bertz CT molecular complexity index is 923. The normalized spacial score (nSPS) is 16.5. The van der Waals surface area contributed by atoms with Crippen molar-refractivity contribution in [1.82, 2.24) is 9.97 Å². The van der Waals surface area contributed by atoms with E-state index in [2.05, 4.69) is 9.97 Å². The SMILES string of the molecule is CCC1Oc2ccc(-c3csc(-c4ccccn4)n3)cc2N(C)C1=O. The first-order chi connectivity index (χ1) is 12.2. The molecule has 1 atom stereocenters. The number of amides is 1. The van der Waals surface area contributed by atoms with Crippen molar-refractivity contribution in [2.75, 3.05) is 11.9 Å². The summed E-state index contributed by atoms with van der Waals surface area (Å²) in [4.78, 5) is 23.0. The predicted molar refractivity (Wildman–Crippen MR) is 98.9 cm³/mol. The Labute approximate surface area is 149 Å². The second kappa shape index (κ2) is 6.29. The summed E-state index contributed by atoms with van der Waals surface area (Å²) in [5.74, 6) is 0.720. The van der Waals surface area contributed by atoms with Crippen LogP contribution in [0.15, 0.2) is 48.0 Å². The van der Waals surface area contributed by atoms with Crippen LogP contribution in [0.5, 0.6) is 5.75 Å². The first-order valence-corrected chi connectivity index (χ1v) is 9.01. The summed E-state index contributed by atoms with van der Waals surface area (Å²) in [5, 5.41) is 2.88. The predicted octanol–water partition coefficient (Wildman–Crippen LogP) is 4.01. The quantitative estimate of drug-likeness (QED) is 0.715. The van der Waals surface area contributed by atoms with Crippen LogP contribution in [-0.4, -0.2) is 29.0 Å². The third-order valence-electron chi connectivity index (χ3n) is 4.25. The molecule has 0 radical (unpaired) electrons. The number of pyridine rings is 1. The van der Waals surface area contributed by atoms with Crippen LogP contribution in [0.3, 0.4) is 0 Å². The van der Waals surface area contributed by atoms with E-state index >= 15 is 0 Å². The number of ether oxygens (including phenoxy) is 1. The maximum absolute atomic E-state index is 12.3. The smallest absolute Gasteiger partial charge is 0.267 e. The van der Waals surface area contributed by atoms with Gasteiger partial charge in [0.25, 0.3) is 5.91 Å². The minimum absolute atomic E-state index is 0.0143. The third-order valence-corrected chi connectivity index (χ3v) is 5.12. The van der Waals surface area contributed by atoms with Crippen molar-refractivity contribution in [3.8, 4) is 27.7 Å². The lowest BCUT2D eigenvalue weighted by Crippen LogP contribution is -2.43. The van der Waals surface area contributed by atoms with Crippen molar-refractivity contribution < 1.29 is 9.53 Å². The molecule has 3 aromatic rings. The topological polar surface area (TPSA) is 55.3 Å². The molecule has 0 saturated carbocycles. The summed E-state index contributed by atoms with van der Waals surface area (Å²) < 4.78 is 5.81. The molecule has 2 aromatic heterocycles. The van der Waals surface area contributed by atoms with E-state index in [0.29, 0.717) is 6.42 Å². The number of carbonyl (C=O) groups is 1. The summed E-state index contributed by atoms with van der Waals surface area (Å²) in [6.07, 6.45) is 2.01. The molecular weight excluding hydrogens is 334 g/mol. The second-order valence-electron chi connectivity index (χ2n) is 5.85. The molecule has 6 heteroatoms. The van der Waals surface area contributed by atoms with Crippen LogP contribution in [0.2, 0.25) is 0 Å². The molecule has 1 unspecified atom stereocenters. The highest BCUT2D eigenvalue weighted by Crippen LogP contribution is 2.38. The van der Waals surface area contributed by atoms with E-state index in [1.54, 1.807) is 29.5 Å². The molecule has 0 fully saturated rings. The van der Waals surface area contributed by atoms with E-state index in [-0.39, 0.29) is 5.91 Å². The van der Waals surface area contributed by atoms with Gasteiger partial charge in [0.15, 0.2) is 6.10 Å². The van der Waals surface area contributed by atoms with Crippen LogP contribution >= 0.6 is 11.3 Å². The van der Waals surface area contributed by atoms with E-state index in [9.17, 15) is 4.79 Å². The fraction of sp³-hybridized carbons (Fsp3) is 0.211. The minimum atomic E-state index is -0.404. The summed E-state index contributed by atoms with van der Waals surface area (Å²) in [7, 11) is 1.79. The number of rotatable bonds is 3. The average molecular weight is 351 g/mol. The molecule has 4 rings (SSSR count). The van der Waals surface area contributed by atoms with Gasteiger partial charge in [0.2, 0.25) is 0 Å². The second-order valence-corrected chi connectivity index (χ2v) is 6.71. The van der Waals surface area contributed by atoms with Crippen molar-refractivity contribution in [3.63, 3.8) is 0 Å². The van der Waals surface area contributed by atoms with Crippen molar-refractivity contribution in [1.29, 1.82) is 0 Å². The minimum Gasteiger partial charge on any atom is -0.478 e. The Morgan fingerprint density at radius 1 is 1.24 bits per heavy atom. The maximum atomic E-state index is 12.3. The Morgan fingerprint density at radius 2 is 2.12 bits per heavy atom. The van der Waals surface area contributed by atoms with Gasteiger partial charge in [-0.1, -0.05) is 13.0 Å². The van der Waals surface area contributed by atoms with Gasteiger partial charge in [0.1, 0.15) is 10.8 Å². The van der Waals surface area contributed by atoms with Crippen molar-refractivity contribution >= 4 is 22.9 Å². The number of hydrogen-bond donors (Lipinski definition) is 0. The lowest BCUT2D eigenvalue weighted by molar-refractivity contribution is -0.126. The van der Waals surface area contributed by atoms with Crippen LogP contribution in [0.25, 0.3) is 22.0 Å². The third kappa shape index (κ3) is 2.78. The molecular formula is C19H17N3O2S. The number of carbonyl (C=O) groups excluding carboxylic acids is 1. The van der Waals surface area contributed by atoms with E-state index in [0.717, 1.165) is 33.4 Å². The van der Waals surface area contributed by atoms with Gasteiger partial charge >= 0.3 is 0 Å². The fourth-order valence-corrected chi connectivity index (χ4v) is 3.65. The molecule has 1 amide bonds. The highest BCUT2D eigenvalue weighted by Gasteiger charge is 2.31. The van der Waals surface area contributed by atoms with E-state index < -0.39 is 6.10 Å². The lowest BCUT2D eigenvalue weighted by Gasteiger charge is -2.31. The Hall–Kier alpha value is -2.73. The molecule has 126 valence electrons. The number of anilines is 1. The molecule has 1 aromatic carbocycles. The van der Waals surface area contributed by atoms with Gasteiger partial charge in [-0.3, -0.25) is 9.78 Å².